The number of methoxy groups -OCH3 is 1. The van der Waals surface area contributed by atoms with Crippen LogP contribution in [0.5, 0.6) is 5.75 Å². The van der Waals surface area contributed by atoms with Crippen LogP contribution in [-0.2, 0) is 11.3 Å². The van der Waals surface area contributed by atoms with E-state index in [0.29, 0.717) is 12.1 Å². The minimum Gasteiger partial charge on any atom is -0.502 e. The summed E-state index contributed by atoms with van der Waals surface area (Å²) < 4.78 is 7.39. The third kappa shape index (κ3) is 3.11. The summed E-state index contributed by atoms with van der Waals surface area (Å²) in [5, 5.41) is 14.7. The fourth-order valence-corrected chi connectivity index (χ4v) is 4.65. The monoisotopic (exact) mass is 427 g/mol. The van der Waals surface area contributed by atoms with Crippen molar-refractivity contribution in [1.29, 1.82) is 0 Å². The number of ether oxygens (including phenoxy) is 1. The molecule has 4 rings (SSSR count). The van der Waals surface area contributed by atoms with E-state index >= 15 is 0 Å². The Morgan fingerprint density at radius 1 is 1.27 bits per heavy atom. The molecular formula is C21H21N3O5S. The van der Waals surface area contributed by atoms with Crippen molar-refractivity contribution in [2.75, 3.05) is 18.8 Å². The summed E-state index contributed by atoms with van der Waals surface area (Å²) in [5.41, 5.74) is 0.697. The van der Waals surface area contributed by atoms with Crippen molar-refractivity contribution < 1.29 is 19.4 Å². The maximum Gasteiger partial charge on any atom is 0.339 e. The topological polar surface area (TPSA) is 92.1 Å². The van der Waals surface area contributed by atoms with Gasteiger partial charge in [-0.15, -0.1) is 11.3 Å². The van der Waals surface area contributed by atoms with Crippen molar-refractivity contribution in [3.05, 3.63) is 62.9 Å². The van der Waals surface area contributed by atoms with Gasteiger partial charge in [0.2, 0.25) is 5.43 Å². The van der Waals surface area contributed by atoms with E-state index in [1.807, 2.05) is 37.1 Å². The highest BCUT2D eigenvalue weighted by Gasteiger charge is 2.33. The first-order chi connectivity index (χ1) is 14.3. The molecule has 1 aliphatic rings. The van der Waals surface area contributed by atoms with Crippen molar-refractivity contribution in [3.63, 3.8) is 0 Å². The average Bonchev–Trinajstić information content (AvgIpc) is 3.16. The van der Waals surface area contributed by atoms with Crippen LogP contribution < -0.4 is 10.4 Å². The van der Waals surface area contributed by atoms with Gasteiger partial charge in [-0.25, -0.2) is 4.79 Å². The van der Waals surface area contributed by atoms with Gasteiger partial charge in [0.05, 0.1) is 19.2 Å². The lowest BCUT2D eigenvalue weighted by Gasteiger charge is -2.41. The molecule has 0 unspecified atom stereocenters. The third-order valence-electron chi connectivity index (χ3n) is 5.20. The van der Waals surface area contributed by atoms with Crippen molar-refractivity contribution in [1.82, 2.24) is 9.58 Å². The fourth-order valence-electron chi connectivity index (χ4n) is 3.67. The first-order valence-corrected chi connectivity index (χ1v) is 10.3. The first kappa shape index (κ1) is 20.0. The van der Waals surface area contributed by atoms with Crippen LogP contribution in [0.2, 0.25) is 0 Å². The summed E-state index contributed by atoms with van der Waals surface area (Å²) in [7, 11) is 1.35. The molecule has 30 heavy (non-hydrogen) atoms. The normalized spacial score (nSPS) is 13.8. The summed E-state index contributed by atoms with van der Waals surface area (Å²) in [5.74, 6) is -1.38. The Bertz CT molecular complexity index is 1210. The van der Waals surface area contributed by atoms with E-state index in [9.17, 15) is 19.5 Å². The van der Waals surface area contributed by atoms with Crippen LogP contribution in [0.4, 0.5) is 0 Å². The number of carbonyl (C=O) groups excluding carboxylic acids is 2. The van der Waals surface area contributed by atoms with Gasteiger partial charge in [-0.2, -0.15) is 0 Å². The van der Waals surface area contributed by atoms with Crippen LogP contribution >= 0.6 is 11.3 Å². The highest BCUT2D eigenvalue weighted by Crippen LogP contribution is 2.31. The van der Waals surface area contributed by atoms with E-state index < -0.39 is 23.1 Å². The Kier molecular flexibility index (Phi) is 4.98. The van der Waals surface area contributed by atoms with E-state index in [1.54, 1.807) is 10.3 Å². The first-order valence-electron chi connectivity index (χ1n) is 9.41. The number of fused-ring (bicyclic) bond motifs is 2. The van der Waals surface area contributed by atoms with Gasteiger partial charge in [0.15, 0.2) is 11.4 Å². The Morgan fingerprint density at radius 2 is 2.03 bits per heavy atom. The number of aromatic hydroxyl groups is 1. The summed E-state index contributed by atoms with van der Waals surface area (Å²) in [6, 6.07) is 6.86. The Morgan fingerprint density at radius 3 is 2.73 bits per heavy atom. The van der Waals surface area contributed by atoms with Crippen LogP contribution in [0.15, 0.2) is 40.6 Å². The zero-order valence-corrected chi connectivity index (χ0v) is 17.6. The van der Waals surface area contributed by atoms with Crippen LogP contribution in [0.25, 0.3) is 10.1 Å². The van der Waals surface area contributed by atoms with Gasteiger partial charge in [-0.05, 0) is 25.5 Å². The highest BCUT2D eigenvalue weighted by atomic mass is 32.1. The lowest BCUT2D eigenvalue weighted by molar-refractivity contribution is 0.0601. The van der Waals surface area contributed by atoms with E-state index in [-0.39, 0.29) is 18.4 Å². The standard InChI is InChI=1S/C21H21N3O5S/c1-12(2)23-11-22(24-8-7-15(25)19(26)18(24)20(23)27)9-13-5-4-6-16-17(13)14(10-30-16)21(28)29-3/h4-8,10,12,26H,9,11H2,1-3H3. The smallest absolute Gasteiger partial charge is 0.339 e. The molecule has 0 fully saturated rings. The van der Waals surface area contributed by atoms with Crippen LogP contribution in [0, 0.1) is 0 Å². The molecule has 2 aromatic heterocycles. The van der Waals surface area contributed by atoms with E-state index in [1.165, 1.54) is 35.4 Å². The van der Waals surface area contributed by atoms with Crippen molar-refractivity contribution >= 4 is 33.3 Å². The number of esters is 1. The molecule has 8 nitrogen and oxygen atoms in total. The van der Waals surface area contributed by atoms with Crippen molar-refractivity contribution in [2.24, 2.45) is 0 Å². The molecule has 0 aliphatic carbocycles. The van der Waals surface area contributed by atoms with Crippen molar-refractivity contribution in [2.45, 2.75) is 26.4 Å². The van der Waals surface area contributed by atoms with Gasteiger partial charge >= 0.3 is 5.97 Å². The summed E-state index contributed by atoms with van der Waals surface area (Å²) in [6.07, 6.45) is 1.49. The van der Waals surface area contributed by atoms with Crippen LogP contribution in [0.1, 0.15) is 40.3 Å². The van der Waals surface area contributed by atoms with Crippen LogP contribution in [0.3, 0.4) is 0 Å². The van der Waals surface area contributed by atoms with E-state index in [4.69, 9.17) is 4.74 Å². The predicted molar refractivity (Wildman–Crippen MR) is 114 cm³/mol. The molecule has 0 spiro atoms. The quantitative estimate of drug-likeness (QED) is 0.644. The number of carbonyl (C=O) groups is 2. The molecule has 9 heteroatoms. The molecule has 1 aromatic carbocycles. The molecule has 0 radical (unpaired) electrons. The van der Waals surface area contributed by atoms with Gasteiger partial charge in [0.25, 0.3) is 5.91 Å². The number of hydrogen-bond acceptors (Lipinski definition) is 7. The highest BCUT2D eigenvalue weighted by molar-refractivity contribution is 7.17. The molecular weight excluding hydrogens is 406 g/mol. The molecule has 1 amide bonds. The average molecular weight is 427 g/mol. The minimum atomic E-state index is -0.604. The molecule has 3 heterocycles. The van der Waals surface area contributed by atoms with E-state index in [2.05, 4.69) is 0 Å². The second-order valence-electron chi connectivity index (χ2n) is 7.33. The molecule has 0 bridgehead atoms. The van der Waals surface area contributed by atoms with Gasteiger partial charge in [0, 0.05) is 33.8 Å². The minimum absolute atomic E-state index is 0.0619. The molecule has 0 saturated heterocycles. The largest absolute Gasteiger partial charge is 0.502 e. The molecule has 1 aliphatic heterocycles. The number of thiophene rings is 1. The number of rotatable bonds is 4. The third-order valence-corrected chi connectivity index (χ3v) is 6.15. The number of pyridine rings is 1. The SMILES string of the molecule is COC(=O)c1csc2cccc(CN3CN(C(C)C)C(=O)c4c(O)c(=O)ccn43)c12. The lowest BCUT2D eigenvalue weighted by Crippen LogP contribution is -2.55. The van der Waals surface area contributed by atoms with E-state index in [0.717, 1.165) is 15.6 Å². The Balaban J connectivity index is 1.84. The maximum atomic E-state index is 12.9. The molecule has 3 aromatic rings. The van der Waals surface area contributed by atoms with Gasteiger partial charge in [-0.3, -0.25) is 19.3 Å². The summed E-state index contributed by atoms with van der Waals surface area (Å²) in [6.45, 7) is 4.36. The summed E-state index contributed by atoms with van der Waals surface area (Å²) in [4.78, 5) is 38.7. The Hall–Kier alpha value is -3.33. The van der Waals surface area contributed by atoms with Crippen molar-refractivity contribution in [3.8, 4) is 5.75 Å². The zero-order valence-electron chi connectivity index (χ0n) is 16.8. The van der Waals surface area contributed by atoms with Gasteiger partial charge in [0.1, 0.15) is 6.67 Å². The fraction of sp³-hybridized carbons (Fsp3) is 0.286. The van der Waals surface area contributed by atoms with Gasteiger partial charge in [-0.1, -0.05) is 12.1 Å². The summed E-state index contributed by atoms with van der Waals surface area (Å²) >= 11 is 1.46. The van der Waals surface area contributed by atoms with Crippen LogP contribution in [-0.4, -0.2) is 46.4 Å². The van der Waals surface area contributed by atoms with Gasteiger partial charge < -0.3 is 14.7 Å². The number of amides is 1. The second-order valence-corrected chi connectivity index (χ2v) is 8.24. The molecule has 1 N–H and O–H groups in total. The predicted octanol–water partition coefficient (Wildman–Crippen LogP) is 2.52. The lowest BCUT2D eigenvalue weighted by atomic mass is 10.1. The number of benzene rings is 1. The maximum absolute atomic E-state index is 12.9. The number of nitrogens with zero attached hydrogens (tertiary/aromatic N) is 3. The molecule has 0 atom stereocenters. The Labute approximate surface area is 176 Å². The zero-order chi connectivity index (χ0) is 21.6. The number of hydrogen-bond donors (Lipinski definition) is 1. The molecule has 0 saturated carbocycles. The number of aromatic nitrogens is 1. The second kappa shape index (κ2) is 7.49. The molecule has 156 valence electrons.